The van der Waals surface area contributed by atoms with Gasteiger partial charge < -0.3 is 1.43 Å². The molecule has 0 saturated carbocycles. The van der Waals surface area contributed by atoms with Gasteiger partial charge >= 0.3 is 29.6 Å². The Labute approximate surface area is 78.8 Å². The fourth-order valence-corrected chi connectivity index (χ4v) is 0.693. The molecule has 0 aliphatic heterocycles. The summed E-state index contributed by atoms with van der Waals surface area (Å²) in [6.07, 6.45) is 1.21. The van der Waals surface area contributed by atoms with Gasteiger partial charge in [0.2, 0.25) is 0 Å². The fourth-order valence-electron chi connectivity index (χ4n) is 0.231. The van der Waals surface area contributed by atoms with Gasteiger partial charge in [0, 0.05) is 12.7 Å². The number of hydrogen-bond donors (Lipinski definition) is 0. The number of nitrogens with zero attached hydrogens (tertiary/aromatic N) is 1. The zero-order valence-corrected chi connectivity index (χ0v) is 8.40. The van der Waals surface area contributed by atoms with Crippen LogP contribution in [0.3, 0.4) is 0 Å². The van der Waals surface area contributed by atoms with Gasteiger partial charge in [-0.2, -0.15) is 5.26 Å². The second kappa shape index (κ2) is 5.24. The number of sulfone groups is 1. The van der Waals surface area contributed by atoms with Crippen molar-refractivity contribution in [3.05, 3.63) is 0 Å². The molecule has 0 aliphatic rings. The molecule has 0 saturated heterocycles. The molecule has 48 valence electrons. The molecule has 0 atom stereocenters. The van der Waals surface area contributed by atoms with Gasteiger partial charge in [-0.1, -0.05) is 0 Å². The van der Waals surface area contributed by atoms with Crippen LogP contribution in [0, 0.1) is 11.3 Å². The molecule has 0 spiro atoms. The smallest absolute Gasteiger partial charge is 1.00 e. The summed E-state index contributed by atoms with van der Waals surface area (Å²) in [5, 5.41) is 7.92. The Hall–Kier alpha value is 0.440. The maximum Gasteiger partial charge on any atom is 1.00 e. The maximum absolute atomic E-state index is 10.2. The van der Waals surface area contributed by atoms with Crippen molar-refractivity contribution in [1.82, 2.24) is 0 Å². The Morgan fingerprint density at radius 3 is 2.22 bits per heavy atom. The third kappa shape index (κ3) is 11.8. The average Bonchev–Trinajstić information content (AvgIpc) is 1.59. The first-order valence-corrected chi connectivity index (χ1v) is 4.17. The third-order valence-corrected chi connectivity index (χ3v) is 1.53. The summed E-state index contributed by atoms with van der Waals surface area (Å²) in [5.41, 5.74) is 0. The van der Waals surface area contributed by atoms with Crippen molar-refractivity contribution in [2.75, 3.05) is 12.0 Å². The van der Waals surface area contributed by atoms with Crippen molar-refractivity contribution in [2.45, 2.75) is 6.42 Å². The number of rotatable bonds is 2. The standard InChI is InChI=1S/C4H7NO2S.Na.H/c1-8(6,7)4-2-3-5;;/h2,4H2,1H3;;/q;+1;-1. The minimum atomic E-state index is -2.91. The molecule has 0 radical (unpaired) electrons. The Kier molecular flexibility index (Phi) is 7.08. The Bertz CT molecular complexity index is 196. The largest absolute Gasteiger partial charge is 1.00 e. The summed E-state index contributed by atoms with van der Waals surface area (Å²) in [6, 6.07) is 1.75. The molecule has 0 aromatic carbocycles. The van der Waals surface area contributed by atoms with E-state index < -0.39 is 9.84 Å². The monoisotopic (exact) mass is 157 g/mol. The molecule has 0 amide bonds. The average molecular weight is 157 g/mol. The van der Waals surface area contributed by atoms with E-state index in [0.717, 1.165) is 6.26 Å². The van der Waals surface area contributed by atoms with E-state index in [1.54, 1.807) is 6.07 Å². The van der Waals surface area contributed by atoms with Crippen LogP contribution >= 0.6 is 0 Å². The van der Waals surface area contributed by atoms with Gasteiger partial charge in [-0.25, -0.2) is 8.42 Å². The molecule has 0 fully saturated rings. The first-order valence-electron chi connectivity index (χ1n) is 2.11. The van der Waals surface area contributed by atoms with E-state index in [0.29, 0.717) is 0 Å². The number of nitriles is 1. The van der Waals surface area contributed by atoms with E-state index in [9.17, 15) is 8.42 Å². The second-order valence-corrected chi connectivity index (χ2v) is 3.80. The summed E-state index contributed by atoms with van der Waals surface area (Å²) in [4.78, 5) is 0. The van der Waals surface area contributed by atoms with Crippen molar-refractivity contribution in [3.63, 3.8) is 0 Å². The first-order chi connectivity index (χ1) is 3.56. The van der Waals surface area contributed by atoms with Crippen molar-refractivity contribution >= 4 is 9.84 Å². The third-order valence-electron chi connectivity index (χ3n) is 0.585. The molecular weight excluding hydrogens is 149 g/mol. The molecule has 0 heterocycles. The molecule has 0 bridgehead atoms. The predicted molar refractivity (Wildman–Crippen MR) is 31.1 cm³/mol. The minimum absolute atomic E-state index is 0. The van der Waals surface area contributed by atoms with Crippen molar-refractivity contribution in [1.29, 1.82) is 5.26 Å². The molecule has 0 rings (SSSR count). The van der Waals surface area contributed by atoms with Crippen LogP contribution in [-0.2, 0) is 9.84 Å². The quantitative estimate of drug-likeness (QED) is 0.403. The van der Waals surface area contributed by atoms with Crippen LogP contribution in [0.5, 0.6) is 0 Å². The van der Waals surface area contributed by atoms with Crippen LogP contribution in [0.2, 0.25) is 0 Å². The van der Waals surface area contributed by atoms with E-state index in [1.165, 1.54) is 0 Å². The Morgan fingerprint density at radius 1 is 1.67 bits per heavy atom. The Balaban J connectivity index is -0.000000245. The predicted octanol–water partition coefficient (Wildman–Crippen LogP) is -2.94. The summed E-state index contributed by atoms with van der Waals surface area (Å²) < 4.78 is 20.5. The van der Waals surface area contributed by atoms with Crippen LogP contribution < -0.4 is 29.6 Å². The molecule has 0 N–H and O–H groups in total. The van der Waals surface area contributed by atoms with E-state index in [-0.39, 0.29) is 43.2 Å². The van der Waals surface area contributed by atoms with Crippen molar-refractivity contribution < 1.29 is 39.4 Å². The molecule has 0 aliphatic carbocycles. The molecule has 5 heteroatoms. The van der Waals surface area contributed by atoms with E-state index in [2.05, 4.69) is 0 Å². The van der Waals surface area contributed by atoms with Gasteiger partial charge in [-0.05, 0) is 0 Å². The summed E-state index contributed by atoms with van der Waals surface area (Å²) in [7, 11) is -2.91. The molecule has 0 unspecified atom stereocenters. The number of hydrogen-bond acceptors (Lipinski definition) is 3. The topological polar surface area (TPSA) is 57.9 Å². The van der Waals surface area contributed by atoms with Crippen LogP contribution in [0.15, 0.2) is 0 Å². The van der Waals surface area contributed by atoms with Gasteiger partial charge in [0.15, 0.2) is 0 Å². The molecule has 0 aromatic heterocycles. The molecular formula is C4H8NNaO2S. The van der Waals surface area contributed by atoms with Crippen LogP contribution in [-0.4, -0.2) is 20.4 Å². The summed E-state index contributed by atoms with van der Waals surface area (Å²) in [6.45, 7) is 0. The normalized spacial score (nSPS) is 9.33. The van der Waals surface area contributed by atoms with Crippen LogP contribution in [0.4, 0.5) is 0 Å². The zero-order chi connectivity index (χ0) is 6.62. The van der Waals surface area contributed by atoms with Gasteiger partial charge in [0.1, 0.15) is 9.84 Å². The fraction of sp³-hybridized carbons (Fsp3) is 0.750. The van der Waals surface area contributed by atoms with Crippen molar-refractivity contribution in [3.8, 4) is 6.07 Å². The first kappa shape index (κ1) is 12.1. The van der Waals surface area contributed by atoms with E-state index >= 15 is 0 Å². The van der Waals surface area contributed by atoms with Crippen LogP contribution in [0.1, 0.15) is 7.85 Å². The molecule has 3 nitrogen and oxygen atoms in total. The molecule has 9 heavy (non-hydrogen) atoms. The second-order valence-electron chi connectivity index (χ2n) is 1.54. The van der Waals surface area contributed by atoms with E-state index in [4.69, 9.17) is 5.26 Å². The summed E-state index contributed by atoms with van der Waals surface area (Å²) >= 11 is 0. The maximum atomic E-state index is 10.2. The summed E-state index contributed by atoms with van der Waals surface area (Å²) in [5.74, 6) is -0.0243. The molecule has 0 aromatic rings. The van der Waals surface area contributed by atoms with Gasteiger partial charge in [0.25, 0.3) is 0 Å². The van der Waals surface area contributed by atoms with Gasteiger partial charge in [-0.3, -0.25) is 0 Å². The van der Waals surface area contributed by atoms with Gasteiger partial charge in [0.05, 0.1) is 11.8 Å². The van der Waals surface area contributed by atoms with Gasteiger partial charge in [-0.15, -0.1) is 0 Å². The van der Waals surface area contributed by atoms with E-state index in [1.807, 2.05) is 0 Å². The van der Waals surface area contributed by atoms with Crippen molar-refractivity contribution in [2.24, 2.45) is 0 Å². The minimum Gasteiger partial charge on any atom is -1.00 e. The zero-order valence-electron chi connectivity index (χ0n) is 6.59. The van der Waals surface area contributed by atoms with Crippen LogP contribution in [0.25, 0.3) is 0 Å². The SMILES string of the molecule is CS(=O)(=O)CCC#N.[H-].[Na+]. The Morgan fingerprint density at radius 2 is 2.11 bits per heavy atom.